The molecule has 2 heterocycles. The smallest absolute Gasteiger partial charge is 0.417 e. The fourth-order valence-electron chi connectivity index (χ4n) is 1.75. The Morgan fingerprint density at radius 1 is 1.35 bits per heavy atom. The molecule has 5 nitrogen and oxygen atoms in total. The van der Waals surface area contributed by atoms with Crippen LogP contribution in [0.4, 0.5) is 4.79 Å². The number of carbonyl (C=O) groups excluding carboxylic acids is 2. The van der Waals surface area contributed by atoms with E-state index in [0.29, 0.717) is 19.4 Å². The van der Waals surface area contributed by atoms with Gasteiger partial charge in [0, 0.05) is 18.9 Å². The van der Waals surface area contributed by atoms with E-state index in [-0.39, 0.29) is 5.91 Å². The quantitative estimate of drug-likeness (QED) is 0.789. The average Bonchev–Trinajstić information content (AvgIpc) is 2.63. The van der Waals surface area contributed by atoms with Gasteiger partial charge in [-0.2, -0.15) is 0 Å². The predicted octanol–water partition coefficient (Wildman–Crippen LogP) is 1.38. The molecule has 1 aromatic heterocycles. The van der Waals surface area contributed by atoms with Crippen LogP contribution in [-0.4, -0.2) is 34.5 Å². The predicted molar refractivity (Wildman–Crippen MR) is 60.2 cm³/mol. The lowest BCUT2D eigenvalue weighted by atomic mass is 10.2. The van der Waals surface area contributed by atoms with Crippen LogP contribution in [-0.2, 0) is 16.0 Å². The largest absolute Gasteiger partial charge is 0.436 e. The second-order valence-corrected chi connectivity index (χ2v) is 3.88. The lowest BCUT2D eigenvalue weighted by molar-refractivity contribution is -0.129. The first-order valence-electron chi connectivity index (χ1n) is 5.63. The van der Waals surface area contributed by atoms with Crippen LogP contribution >= 0.6 is 0 Å². The molecule has 0 spiro atoms. The lowest BCUT2D eigenvalue weighted by Gasteiger charge is -2.10. The third-order valence-electron chi connectivity index (χ3n) is 2.75. The third kappa shape index (κ3) is 2.43. The molecule has 17 heavy (non-hydrogen) atoms. The van der Waals surface area contributed by atoms with E-state index in [0.717, 1.165) is 5.56 Å². The van der Waals surface area contributed by atoms with Crippen molar-refractivity contribution >= 4 is 12.0 Å². The van der Waals surface area contributed by atoms with Gasteiger partial charge in [-0.3, -0.25) is 9.78 Å². The zero-order chi connectivity index (χ0) is 12.3. The van der Waals surface area contributed by atoms with Crippen LogP contribution in [0.15, 0.2) is 24.5 Å². The summed E-state index contributed by atoms with van der Waals surface area (Å²) in [5, 5.41) is 0. The summed E-state index contributed by atoms with van der Waals surface area (Å²) in [7, 11) is 0. The summed E-state index contributed by atoms with van der Waals surface area (Å²) in [4.78, 5) is 28.3. The van der Waals surface area contributed by atoms with Crippen LogP contribution in [0.2, 0.25) is 0 Å². The highest BCUT2D eigenvalue weighted by atomic mass is 16.6. The Morgan fingerprint density at radius 3 is 2.65 bits per heavy atom. The van der Waals surface area contributed by atoms with Gasteiger partial charge < -0.3 is 4.74 Å². The molecule has 1 aromatic rings. The first-order chi connectivity index (χ1) is 8.22. The monoisotopic (exact) mass is 234 g/mol. The highest BCUT2D eigenvalue weighted by molar-refractivity contribution is 5.99. The van der Waals surface area contributed by atoms with E-state index >= 15 is 0 Å². The third-order valence-corrected chi connectivity index (χ3v) is 2.75. The first kappa shape index (κ1) is 11.6. The molecule has 1 atom stereocenters. The summed E-state index contributed by atoms with van der Waals surface area (Å²) in [5.74, 6) is -0.230. The van der Waals surface area contributed by atoms with Gasteiger partial charge in [0.2, 0.25) is 0 Å². The number of nitrogens with zero attached hydrogens (tertiary/aromatic N) is 2. The summed E-state index contributed by atoms with van der Waals surface area (Å²) < 4.78 is 4.95. The Balaban J connectivity index is 1.96. The van der Waals surface area contributed by atoms with Gasteiger partial charge in [-0.05, 0) is 30.5 Å². The van der Waals surface area contributed by atoms with Gasteiger partial charge >= 0.3 is 6.09 Å². The average molecular weight is 234 g/mol. The summed E-state index contributed by atoms with van der Waals surface area (Å²) in [6.45, 7) is 2.18. The fraction of sp³-hybridized carbons (Fsp3) is 0.417. The van der Waals surface area contributed by atoms with Gasteiger partial charge in [-0.1, -0.05) is 6.92 Å². The number of aromatic nitrogens is 1. The van der Waals surface area contributed by atoms with E-state index in [1.165, 1.54) is 4.90 Å². The Labute approximate surface area is 99.4 Å². The molecule has 1 aliphatic heterocycles. The Kier molecular flexibility index (Phi) is 3.37. The molecule has 1 fully saturated rings. The van der Waals surface area contributed by atoms with Crippen molar-refractivity contribution in [2.45, 2.75) is 25.9 Å². The van der Waals surface area contributed by atoms with E-state index < -0.39 is 12.2 Å². The van der Waals surface area contributed by atoms with Crippen molar-refractivity contribution in [1.82, 2.24) is 9.88 Å². The topological polar surface area (TPSA) is 59.5 Å². The Bertz CT molecular complexity index is 419. The van der Waals surface area contributed by atoms with Crippen molar-refractivity contribution < 1.29 is 14.3 Å². The standard InChI is InChI=1S/C12H14N2O3/c1-2-10-11(15)14(12(16)17-10)8-5-9-3-6-13-7-4-9/h3-4,6-7,10H,2,5,8H2,1H3. The van der Waals surface area contributed by atoms with Crippen molar-refractivity contribution in [1.29, 1.82) is 0 Å². The van der Waals surface area contributed by atoms with Crippen LogP contribution in [0.3, 0.4) is 0 Å². The number of pyridine rings is 1. The maximum absolute atomic E-state index is 11.7. The number of carbonyl (C=O) groups is 2. The Hall–Kier alpha value is -1.91. The molecule has 1 unspecified atom stereocenters. The molecule has 90 valence electrons. The summed E-state index contributed by atoms with van der Waals surface area (Å²) in [5.41, 5.74) is 1.04. The molecule has 5 heteroatoms. The van der Waals surface area contributed by atoms with E-state index in [1.54, 1.807) is 12.4 Å². The second-order valence-electron chi connectivity index (χ2n) is 3.88. The van der Waals surface area contributed by atoms with Gasteiger partial charge in [0.25, 0.3) is 5.91 Å². The molecule has 1 saturated heterocycles. The number of hydrogen-bond acceptors (Lipinski definition) is 4. The molecule has 1 aliphatic rings. The SMILES string of the molecule is CCC1OC(=O)N(CCc2ccncc2)C1=O. The summed E-state index contributed by atoms with van der Waals surface area (Å²) in [6.07, 6.45) is 3.40. The normalized spacial score (nSPS) is 19.6. The highest BCUT2D eigenvalue weighted by Crippen LogP contribution is 2.16. The van der Waals surface area contributed by atoms with Gasteiger partial charge in [0.05, 0.1) is 0 Å². The molecular formula is C12H14N2O3. The number of imide groups is 1. The number of rotatable bonds is 4. The number of hydrogen-bond donors (Lipinski definition) is 0. The second kappa shape index (κ2) is 4.95. The van der Waals surface area contributed by atoms with E-state index in [9.17, 15) is 9.59 Å². The van der Waals surface area contributed by atoms with Crippen LogP contribution in [0.1, 0.15) is 18.9 Å². The number of cyclic esters (lactones) is 1. The maximum atomic E-state index is 11.7. The minimum Gasteiger partial charge on any atom is -0.436 e. The fourth-order valence-corrected chi connectivity index (χ4v) is 1.75. The van der Waals surface area contributed by atoms with Crippen molar-refractivity contribution in [3.05, 3.63) is 30.1 Å². The molecule has 0 N–H and O–H groups in total. The van der Waals surface area contributed by atoms with Crippen molar-refractivity contribution in [2.24, 2.45) is 0 Å². The number of amides is 2. The van der Waals surface area contributed by atoms with Crippen molar-refractivity contribution in [3.63, 3.8) is 0 Å². The van der Waals surface area contributed by atoms with Crippen molar-refractivity contribution in [3.8, 4) is 0 Å². The summed E-state index contributed by atoms with van der Waals surface area (Å²) in [6, 6.07) is 3.73. The lowest BCUT2D eigenvalue weighted by Crippen LogP contribution is -2.33. The van der Waals surface area contributed by atoms with Crippen LogP contribution in [0.5, 0.6) is 0 Å². The van der Waals surface area contributed by atoms with Crippen LogP contribution < -0.4 is 0 Å². The van der Waals surface area contributed by atoms with E-state index in [4.69, 9.17) is 4.74 Å². The molecule has 0 aliphatic carbocycles. The Morgan fingerprint density at radius 2 is 2.06 bits per heavy atom. The molecule has 0 saturated carbocycles. The molecular weight excluding hydrogens is 220 g/mol. The van der Waals surface area contributed by atoms with Gasteiger partial charge in [0.15, 0.2) is 6.10 Å². The molecule has 0 radical (unpaired) electrons. The van der Waals surface area contributed by atoms with E-state index in [2.05, 4.69) is 4.98 Å². The highest BCUT2D eigenvalue weighted by Gasteiger charge is 2.38. The van der Waals surface area contributed by atoms with Crippen molar-refractivity contribution in [2.75, 3.05) is 6.54 Å². The zero-order valence-corrected chi connectivity index (χ0v) is 9.63. The number of ether oxygens (including phenoxy) is 1. The molecule has 2 amide bonds. The zero-order valence-electron chi connectivity index (χ0n) is 9.63. The summed E-state index contributed by atoms with van der Waals surface area (Å²) >= 11 is 0. The maximum Gasteiger partial charge on any atom is 0.417 e. The van der Waals surface area contributed by atoms with E-state index in [1.807, 2.05) is 19.1 Å². The first-order valence-corrected chi connectivity index (χ1v) is 5.63. The molecule has 0 aromatic carbocycles. The van der Waals surface area contributed by atoms with Gasteiger partial charge in [0.1, 0.15) is 0 Å². The molecule has 0 bridgehead atoms. The minimum atomic E-state index is -0.597. The van der Waals surface area contributed by atoms with Crippen LogP contribution in [0, 0.1) is 0 Å². The van der Waals surface area contributed by atoms with Gasteiger partial charge in [-0.15, -0.1) is 0 Å². The minimum absolute atomic E-state index is 0.230. The van der Waals surface area contributed by atoms with Gasteiger partial charge in [-0.25, -0.2) is 9.69 Å². The van der Waals surface area contributed by atoms with Crippen LogP contribution in [0.25, 0.3) is 0 Å². The molecule has 2 rings (SSSR count).